The fraction of sp³-hybridized carbons (Fsp3) is 0.455. The molecule has 3 rings (SSSR count). The van der Waals surface area contributed by atoms with Gasteiger partial charge in [-0.05, 0) is 37.1 Å². The van der Waals surface area contributed by atoms with Gasteiger partial charge >= 0.3 is 0 Å². The Kier molecular flexibility index (Phi) is 3.61. The molecule has 2 fully saturated rings. The van der Waals surface area contributed by atoms with E-state index in [1.807, 2.05) is 0 Å². The molecule has 0 spiro atoms. The molecule has 8 heteroatoms. The van der Waals surface area contributed by atoms with Gasteiger partial charge in [0.15, 0.2) is 0 Å². The second-order valence-electron chi connectivity index (χ2n) is 4.83. The number of nitrogens with one attached hydrogen (secondary N) is 2. The molecule has 19 heavy (non-hydrogen) atoms. The standard InChI is InChI=1S/C11H11BrCl2N2O2S/c12-5-1-8(13)11(9(14)2-5)19(17,18)16-10-6-3-15-4-7(6)10/h1-2,6-7,10,15-16H,3-4H2. The SMILES string of the molecule is O=S(=O)(NC1C2CNCC21)c1c(Cl)cc(Br)cc1Cl. The van der Waals surface area contributed by atoms with Gasteiger partial charge in [-0.25, -0.2) is 13.1 Å². The lowest BCUT2D eigenvalue weighted by molar-refractivity contribution is 0.565. The van der Waals surface area contributed by atoms with Gasteiger partial charge in [0.25, 0.3) is 0 Å². The van der Waals surface area contributed by atoms with E-state index in [4.69, 9.17) is 23.2 Å². The van der Waals surface area contributed by atoms with Crippen molar-refractivity contribution in [3.05, 3.63) is 26.7 Å². The van der Waals surface area contributed by atoms with Crippen molar-refractivity contribution in [1.29, 1.82) is 0 Å². The fourth-order valence-corrected chi connectivity index (χ4v) is 5.89. The highest BCUT2D eigenvalue weighted by atomic mass is 79.9. The third kappa shape index (κ3) is 2.54. The minimum absolute atomic E-state index is 0.00188. The Hall–Kier alpha value is 0.150. The average Bonchev–Trinajstić information content (AvgIpc) is 2.71. The summed E-state index contributed by atoms with van der Waals surface area (Å²) in [6.07, 6.45) is 0. The molecule has 1 aromatic rings. The zero-order valence-electron chi connectivity index (χ0n) is 9.66. The smallest absolute Gasteiger partial charge is 0.243 e. The molecule has 2 aliphatic rings. The van der Waals surface area contributed by atoms with E-state index in [0.29, 0.717) is 16.3 Å². The molecule has 0 radical (unpaired) electrons. The van der Waals surface area contributed by atoms with Crippen molar-refractivity contribution in [3.63, 3.8) is 0 Å². The Balaban J connectivity index is 1.88. The zero-order chi connectivity index (χ0) is 13.8. The highest BCUT2D eigenvalue weighted by Gasteiger charge is 2.54. The summed E-state index contributed by atoms with van der Waals surface area (Å²) in [5, 5.41) is 3.46. The molecule has 1 aromatic carbocycles. The number of sulfonamides is 1. The van der Waals surface area contributed by atoms with Crippen LogP contribution >= 0.6 is 39.1 Å². The third-order valence-corrected chi connectivity index (χ3v) is 6.45. The maximum Gasteiger partial charge on any atom is 0.243 e. The second-order valence-corrected chi connectivity index (χ2v) is 8.21. The van der Waals surface area contributed by atoms with E-state index in [0.717, 1.165) is 13.1 Å². The Morgan fingerprint density at radius 2 is 1.74 bits per heavy atom. The van der Waals surface area contributed by atoms with Crippen molar-refractivity contribution in [2.75, 3.05) is 13.1 Å². The van der Waals surface area contributed by atoms with Crippen LogP contribution in [-0.2, 0) is 10.0 Å². The molecule has 2 unspecified atom stereocenters. The summed E-state index contributed by atoms with van der Waals surface area (Å²) < 4.78 is 28.0. The predicted octanol–water partition coefficient (Wildman–Crippen LogP) is 2.25. The molecule has 2 atom stereocenters. The summed E-state index contributed by atoms with van der Waals surface area (Å²) in [4.78, 5) is -0.0445. The minimum atomic E-state index is -3.68. The number of rotatable bonds is 3. The summed E-state index contributed by atoms with van der Waals surface area (Å²) in [5.74, 6) is 0.783. The maximum absolute atomic E-state index is 12.4. The van der Waals surface area contributed by atoms with Crippen LogP contribution in [0, 0.1) is 11.8 Å². The van der Waals surface area contributed by atoms with Gasteiger partial charge in [0, 0.05) is 10.5 Å². The first-order valence-corrected chi connectivity index (χ1v) is 8.81. The van der Waals surface area contributed by atoms with Gasteiger partial charge in [-0.2, -0.15) is 0 Å². The normalized spacial score (nSPS) is 29.3. The number of hydrogen-bond donors (Lipinski definition) is 2. The van der Waals surface area contributed by atoms with Gasteiger partial charge in [-0.1, -0.05) is 39.1 Å². The van der Waals surface area contributed by atoms with Gasteiger partial charge in [0.2, 0.25) is 10.0 Å². The summed E-state index contributed by atoms with van der Waals surface area (Å²) in [6.45, 7) is 1.72. The van der Waals surface area contributed by atoms with Crippen LogP contribution in [0.5, 0.6) is 0 Å². The molecule has 1 aliphatic carbocycles. The van der Waals surface area contributed by atoms with Crippen molar-refractivity contribution in [2.45, 2.75) is 10.9 Å². The molecule has 2 N–H and O–H groups in total. The number of benzene rings is 1. The Morgan fingerprint density at radius 3 is 2.26 bits per heavy atom. The second kappa shape index (κ2) is 4.86. The van der Waals surface area contributed by atoms with Crippen LogP contribution in [0.25, 0.3) is 0 Å². The highest BCUT2D eigenvalue weighted by molar-refractivity contribution is 9.10. The Morgan fingerprint density at radius 1 is 1.21 bits per heavy atom. The quantitative estimate of drug-likeness (QED) is 0.838. The van der Waals surface area contributed by atoms with Crippen LogP contribution in [0.3, 0.4) is 0 Å². The summed E-state index contributed by atoms with van der Waals surface area (Å²) in [5.41, 5.74) is 0. The van der Waals surface area contributed by atoms with E-state index in [2.05, 4.69) is 26.0 Å². The third-order valence-electron chi connectivity index (χ3n) is 3.61. The van der Waals surface area contributed by atoms with Gasteiger partial charge in [-0.15, -0.1) is 0 Å². The van der Waals surface area contributed by atoms with E-state index < -0.39 is 10.0 Å². The zero-order valence-corrected chi connectivity index (χ0v) is 13.6. The lowest BCUT2D eigenvalue weighted by atomic mass is 10.4. The molecule has 0 aromatic heterocycles. The molecular weight excluding hydrogens is 375 g/mol. The van der Waals surface area contributed by atoms with Crippen molar-refractivity contribution < 1.29 is 8.42 Å². The Bertz CT molecular complexity index is 605. The molecule has 0 amide bonds. The lowest BCUT2D eigenvalue weighted by Gasteiger charge is -2.12. The number of halogens is 3. The predicted molar refractivity (Wildman–Crippen MR) is 78.1 cm³/mol. The van der Waals surface area contributed by atoms with Crippen molar-refractivity contribution >= 4 is 49.2 Å². The first-order chi connectivity index (χ1) is 8.90. The van der Waals surface area contributed by atoms with E-state index in [1.165, 1.54) is 12.1 Å². The number of piperidine rings is 1. The lowest BCUT2D eigenvalue weighted by Crippen LogP contribution is -2.32. The largest absolute Gasteiger partial charge is 0.316 e. The highest BCUT2D eigenvalue weighted by Crippen LogP contribution is 2.43. The van der Waals surface area contributed by atoms with Gasteiger partial charge < -0.3 is 5.32 Å². The van der Waals surface area contributed by atoms with Crippen LogP contribution < -0.4 is 10.0 Å². The van der Waals surface area contributed by atoms with Crippen LogP contribution in [0.15, 0.2) is 21.5 Å². The molecule has 1 saturated carbocycles. The maximum atomic E-state index is 12.4. The van der Waals surface area contributed by atoms with Crippen molar-refractivity contribution in [2.24, 2.45) is 11.8 Å². The Labute approximate surface area is 130 Å². The summed E-state index contributed by atoms with van der Waals surface area (Å²) >= 11 is 15.2. The molecule has 4 nitrogen and oxygen atoms in total. The molecule has 1 saturated heterocycles. The first-order valence-electron chi connectivity index (χ1n) is 5.78. The van der Waals surface area contributed by atoms with Crippen molar-refractivity contribution in [1.82, 2.24) is 10.0 Å². The summed E-state index contributed by atoms with van der Waals surface area (Å²) in [6, 6.07) is 3.05. The first kappa shape index (κ1) is 14.1. The van der Waals surface area contributed by atoms with Gasteiger partial charge in [-0.3, -0.25) is 0 Å². The van der Waals surface area contributed by atoms with Crippen molar-refractivity contribution in [3.8, 4) is 0 Å². The van der Waals surface area contributed by atoms with Crippen LogP contribution in [0.2, 0.25) is 10.0 Å². The van der Waals surface area contributed by atoms with Gasteiger partial charge in [0.05, 0.1) is 10.0 Å². The van der Waals surface area contributed by atoms with E-state index >= 15 is 0 Å². The average molecular weight is 386 g/mol. The molecule has 0 bridgehead atoms. The molecule has 1 heterocycles. The molecule has 104 valence electrons. The monoisotopic (exact) mass is 384 g/mol. The number of fused-ring (bicyclic) bond motifs is 1. The summed E-state index contributed by atoms with van der Waals surface area (Å²) in [7, 11) is -3.68. The molecular formula is C11H11BrCl2N2O2S. The number of hydrogen-bond acceptors (Lipinski definition) is 3. The minimum Gasteiger partial charge on any atom is -0.316 e. The van der Waals surface area contributed by atoms with Crippen LogP contribution in [0.1, 0.15) is 0 Å². The van der Waals surface area contributed by atoms with Gasteiger partial charge in [0.1, 0.15) is 4.90 Å². The van der Waals surface area contributed by atoms with E-state index in [1.54, 1.807) is 0 Å². The van der Waals surface area contributed by atoms with E-state index in [9.17, 15) is 8.42 Å². The van der Waals surface area contributed by atoms with Crippen LogP contribution in [-0.4, -0.2) is 27.5 Å². The molecule has 1 aliphatic heterocycles. The topological polar surface area (TPSA) is 58.2 Å². The van der Waals surface area contributed by atoms with E-state index in [-0.39, 0.29) is 21.0 Å². The fourth-order valence-electron chi connectivity index (χ4n) is 2.62. The van der Waals surface area contributed by atoms with Crippen LogP contribution in [0.4, 0.5) is 0 Å².